The Morgan fingerprint density at radius 3 is 2.39 bits per heavy atom. The molecule has 1 fully saturated rings. The van der Waals surface area contributed by atoms with Gasteiger partial charge in [-0.15, -0.1) is 12.4 Å². The maximum Gasteiger partial charge on any atom is 0.255 e. The Balaban J connectivity index is 0.00000280. The van der Waals surface area contributed by atoms with Gasteiger partial charge in [-0.05, 0) is 43.0 Å². The number of piperidine rings is 1. The summed E-state index contributed by atoms with van der Waals surface area (Å²) in [5, 5.41) is 3.14. The minimum atomic E-state index is -0.373. The fourth-order valence-corrected chi connectivity index (χ4v) is 3.52. The summed E-state index contributed by atoms with van der Waals surface area (Å²) in [6, 6.07) is 14.1. The maximum absolute atomic E-state index is 12.6. The number of benzene rings is 2. The van der Waals surface area contributed by atoms with E-state index in [-0.39, 0.29) is 36.7 Å². The molecular formula is C21H25Cl2N3O2. The molecule has 0 aromatic heterocycles. The molecule has 150 valence electrons. The minimum Gasteiger partial charge on any atom is -0.339 e. The number of likely N-dealkylation sites (tertiary alicyclic amines) is 1. The number of carbonyl (C=O) groups excluding carboxylic acids is 2. The van der Waals surface area contributed by atoms with Crippen LogP contribution >= 0.6 is 24.0 Å². The summed E-state index contributed by atoms with van der Waals surface area (Å²) in [6.07, 6.45) is 3.38. The summed E-state index contributed by atoms with van der Waals surface area (Å²) >= 11 is 6.31. The fourth-order valence-electron chi connectivity index (χ4n) is 3.26. The molecule has 3 N–H and O–H groups in total. The number of amides is 2. The first-order valence-corrected chi connectivity index (χ1v) is 9.61. The molecule has 1 heterocycles. The smallest absolute Gasteiger partial charge is 0.255 e. The lowest BCUT2D eigenvalue weighted by atomic mass is 10.0. The van der Waals surface area contributed by atoms with Crippen LogP contribution in [0.4, 0.5) is 5.69 Å². The Kier molecular flexibility index (Phi) is 8.30. The molecule has 1 unspecified atom stereocenters. The Morgan fingerprint density at radius 2 is 1.75 bits per heavy atom. The average Bonchev–Trinajstić information content (AvgIpc) is 2.69. The van der Waals surface area contributed by atoms with Crippen molar-refractivity contribution >= 4 is 41.5 Å². The molecule has 0 saturated carbocycles. The highest BCUT2D eigenvalue weighted by atomic mass is 35.5. The second kappa shape index (κ2) is 10.5. The maximum atomic E-state index is 12.6. The molecule has 1 saturated heterocycles. The predicted octanol–water partition coefficient (Wildman–Crippen LogP) is 4.42. The first kappa shape index (κ1) is 22.2. The largest absolute Gasteiger partial charge is 0.339 e. The molecule has 2 aromatic carbocycles. The first-order chi connectivity index (χ1) is 13.0. The number of nitrogens with two attached hydrogens (primary N) is 1. The molecule has 1 aliphatic heterocycles. The van der Waals surface area contributed by atoms with Crippen LogP contribution in [0.3, 0.4) is 0 Å². The second-order valence-electron chi connectivity index (χ2n) is 6.82. The van der Waals surface area contributed by atoms with E-state index in [9.17, 15) is 9.59 Å². The topological polar surface area (TPSA) is 75.4 Å². The minimum absolute atomic E-state index is 0. The van der Waals surface area contributed by atoms with Crippen LogP contribution in [0.25, 0.3) is 0 Å². The predicted molar refractivity (Wildman–Crippen MR) is 115 cm³/mol. The molecule has 0 radical (unpaired) electrons. The summed E-state index contributed by atoms with van der Waals surface area (Å²) in [7, 11) is 0. The van der Waals surface area contributed by atoms with Gasteiger partial charge in [0.1, 0.15) is 0 Å². The van der Waals surface area contributed by atoms with E-state index in [2.05, 4.69) is 5.32 Å². The SMILES string of the molecule is Cl.NC(CC(=O)Nc1ccc(C(=O)N2CCCCC2)c(Cl)c1)c1ccccc1. The lowest BCUT2D eigenvalue weighted by molar-refractivity contribution is -0.116. The molecule has 0 spiro atoms. The summed E-state index contributed by atoms with van der Waals surface area (Å²) in [5.74, 6) is -0.249. The molecule has 2 amide bonds. The van der Waals surface area contributed by atoms with E-state index in [0.717, 1.165) is 37.9 Å². The Hall–Kier alpha value is -2.08. The normalized spacial score (nSPS) is 14.7. The van der Waals surface area contributed by atoms with Gasteiger partial charge in [-0.2, -0.15) is 0 Å². The molecule has 28 heavy (non-hydrogen) atoms. The molecule has 1 aliphatic rings. The molecule has 0 aliphatic carbocycles. The van der Waals surface area contributed by atoms with Crippen molar-refractivity contribution < 1.29 is 9.59 Å². The van der Waals surface area contributed by atoms with Crippen molar-refractivity contribution in [2.45, 2.75) is 31.7 Å². The second-order valence-corrected chi connectivity index (χ2v) is 7.22. The molecular weight excluding hydrogens is 397 g/mol. The van der Waals surface area contributed by atoms with Gasteiger partial charge in [0, 0.05) is 31.2 Å². The van der Waals surface area contributed by atoms with Gasteiger partial charge in [-0.25, -0.2) is 0 Å². The van der Waals surface area contributed by atoms with Crippen molar-refractivity contribution in [1.29, 1.82) is 0 Å². The third kappa shape index (κ3) is 5.71. The monoisotopic (exact) mass is 421 g/mol. The summed E-state index contributed by atoms with van der Waals surface area (Å²) in [6.45, 7) is 1.54. The van der Waals surface area contributed by atoms with Crippen molar-refractivity contribution in [2.24, 2.45) is 5.73 Å². The third-order valence-corrected chi connectivity index (χ3v) is 5.07. The Morgan fingerprint density at radius 1 is 1.07 bits per heavy atom. The molecule has 3 rings (SSSR count). The van der Waals surface area contributed by atoms with Gasteiger partial charge in [-0.3, -0.25) is 9.59 Å². The number of hydrogen-bond donors (Lipinski definition) is 2. The van der Waals surface area contributed by atoms with Gasteiger partial charge in [0.2, 0.25) is 5.91 Å². The van der Waals surface area contributed by atoms with Crippen molar-refractivity contribution in [3.8, 4) is 0 Å². The quantitative estimate of drug-likeness (QED) is 0.749. The van der Waals surface area contributed by atoms with Gasteiger partial charge in [0.05, 0.1) is 10.6 Å². The number of hydrogen-bond acceptors (Lipinski definition) is 3. The third-order valence-electron chi connectivity index (χ3n) is 4.76. The van der Waals surface area contributed by atoms with Crippen LogP contribution in [0.15, 0.2) is 48.5 Å². The highest BCUT2D eigenvalue weighted by Crippen LogP contribution is 2.24. The van der Waals surface area contributed by atoms with E-state index in [4.69, 9.17) is 17.3 Å². The van der Waals surface area contributed by atoms with Gasteiger partial charge in [0.15, 0.2) is 0 Å². The standard InChI is InChI=1S/C21H24ClN3O2.ClH/c22-18-13-16(9-10-17(18)21(27)25-11-5-2-6-12-25)24-20(26)14-19(23)15-7-3-1-4-8-15;/h1,3-4,7-10,13,19H,2,5-6,11-12,14,23H2,(H,24,26);1H. The highest BCUT2D eigenvalue weighted by Gasteiger charge is 2.20. The van der Waals surface area contributed by atoms with Crippen LogP contribution in [-0.4, -0.2) is 29.8 Å². The molecule has 2 aromatic rings. The highest BCUT2D eigenvalue weighted by molar-refractivity contribution is 6.34. The van der Waals surface area contributed by atoms with Crippen LogP contribution in [-0.2, 0) is 4.79 Å². The summed E-state index contributed by atoms with van der Waals surface area (Å²) in [5.41, 5.74) is 8.03. The Bertz CT molecular complexity index is 809. The van der Waals surface area contributed by atoms with Crippen molar-refractivity contribution in [3.63, 3.8) is 0 Å². The number of nitrogens with one attached hydrogen (secondary N) is 1. The summed E-state index contributed by atoms with van der Waals surface area (Å²) in [4.78, 5) is 26.7. The number of carbonyl (C=O) groups is 2. The molecule has 1 atom stereocenters. The van der Waals surface area contributed by atoms with E-state index in [1.54, 1.807) is 18.2 Å². The van der Waals surface area contributed by atoms with Crippen LogP contribution in [0.1, 0.15) is 47.6 Å². The average molecular weight is 422 g/mol. The van der Waals surface area contributed by atoms with Gasteiger partial charge < -0.3 is 16.0 Å². The zero-order chi connectivity index (χ0) is 19.2. The van der Waals surface area contributed by atoms with Gasteiger partial charge in [-0.1, -0.05) is 41.9 Å². The van der Waals surface area contributed by atoms with Crippen molar-refractivity contribution in [2.75, 3.05) is 18.4 Å². The van der Waals surface area contributed by atoms with Gasteiger partial charge in [0.25, 0.3) is 5.91 Å². The number of halogens is 2. The van der Waals surface area contributed by atoms with Crippen LogP contribution < -0.4 is 11.1 Å². The zero-order valence-corrected chi connectivity index (χ0v) is 17.1. The molecule has 5 nitrogen and oxygen atoms in total. The lowest BCUT2D eigenvalue weighted by Gasteiger charge is -2.27. The molecule has 7 heteroatoms. The van der Waals surface area contributed by atoms with E-state index in [1.807, 2.05) is 35.2 Å². The number of nitrogens with zero attached hydrogens (tertiary/aromatic N) is 1. The summed E-state index contributed by atoms with van der Waals surface area (Å²) < 4.78 is 0. The van der Waals surface area contributed by atoms with Gasteiger partial charge >= 0.3 is 0 Å². The zero-order valence-electron chi connectivity index (χ0n) is 15.6. The lowest BCUT2D eigenvalue weighted by Crippen LogP contribution is -2.35. The number of anilines is 1. The van der Waals surface area contributed by atoms with Crippen LogP contribution in [0.5, 0.6) is 0 Å². The fraction of sp³-hybridized carbons (Fsp3) is 0.333. The van der Waals surface area contributed by atoms with Crippen molar-refractivity contribution in [1.82, 2.24) is 4.90 Å². The number of rotatable bonds is 5. The van der Waals surface area contributed by atoms with E-state index >= 15 is 0 Å². The van der Waals surface area contributed by atoms with E-state index in [1.165, 1.54) is 0 Å². The van der Waals surface area contributed by atoms with Crippen LogP contribution in [0, 0.1) is 0 Å². The van der Waals surface area contributed by atoms with E-state index < -0.39 is 0 Å². The Labute approximate surface area is 176 Å². The first-order valence-electron chi connectivity index (χ1n) is 9.24. The van der Waals surface area contributed by atoms with E-state index in [0.29, 0.717) is 16.3 Å². The van der Waals surface area contributed by atoms with Crippen LogP contribution in [0.2, 0.25) is 5.02 Å². The van der Waals surface area contributed by atoms with Crippen molar-refractivity contribution in [3.05, 3.63) is 64.7 Å². The molecule has 0 bridgehead atoms.